The topological polar surface area (TPSA) is 81.9 Å². The van der Waals surface area contributed by atoms with E-state index < -0.39 is 5.91 Å². The number of ether oxygens (including phenoxy) is 2. The average molecular weight is 378 g/mol. The molecule has 1 fully saturated rings. The van der Waals surface area contributed by atoms with Crippen LogP contribution in [0.4, 0.5) is 0 Å². The molecule has 0 bridgehead atoms. The number of methoxy groups -OCH3 is 1. The van der Waals surface area contributed by atoms with Gasteiger partial charge in [0.15, 0.2) is 18.1 Å². The van der Waals surface area contributed by atoms with E-state index in [9.17, 15) is 9.59 Å². The predicted octanol–water partition coefficient (Wildman–Crippen LogP) is 2.34. The summed E-state index contributed by atoms with van der Waals surface area (Å²) in [5.41, 5.74) is 6.67. The summed E-state index contributed by atoms with van der Waals surface area (Å²) < 4.78 is 11.0. The first-order valence-electron chi connectivity index (χ1n) is 7.30. The zero-order valence-electron chi connectivity index (χ0n) is 13.9. The molecule has 0 unspecified atom stereocenters. The van der Waals surface area contributed by atoms with Crippen molar-refractivity contribution in [3.63, 3.8) is 0 Å². The van der Waals surface area contributed by atoms with Gasteiger partial charge in [0.1, 0.15) is 4.32 Å². The fourth-order valence-electron chi connectivity index (χ4n) is 2.10. The van der Waals surface area contributed by atoms with E-state index in [0.717, 1.165) is 11.1 Å². The fourth-order valence-corrected chi connectivity index (χ4v) is 3.35. The number of primary amides is 1. The van der Waals surface area contributed by atoms with Crippen LogP contribution in [-0.4, -0.2) is 41.3 Å². The number of carbonyl (C=O) groups is 2. The van der Waals surface area contributed by atoms with Crippen molar-refractivity contribution < 1.29 is 19.1 Å². The molecule has 6 nitrogen and oxygen atoms in total. The van der Waals surface area contributed by atoms with Gasteiger partial charge in [-0.2, -0.15) is 0 Å². The van der Waals surface area contributed by atoms with Crippen LogP contribution in [0.25, 0.3) is 6.08 Å². The zero-order valence-corrected chi connectivity index (χ0v) is 15.5. The van der Waals surface area contributed by atoms with E-state index in [0.29, 0.717) is 27.3 Å². The zero-order chi connectivity index (χ0) is 18.6. The molecule has 1 aromatic rings. The normalized spacial score (nSPS) is 15.6. The molecule has 0 spiro atoms. The van der Waals surface area contributed by atoms with E-state index >= 15 is 0 Å². The maximum atomic E-state index is 12.5. The number of benzene rings is 1. The van der Waals surface area contributed by atoms with Crippen molar-refractivity contribution >= 4 is 46.2 Å². The van der Waals surface area contributed by atoms with Crippen molar-refractivity contribution in [1.82, 2.24) is 4.90 Å². The number of hydrogen-bond acceptors (Lipinski definition) is 6. The maximum absolute atomic E-state index is 12.5. The SMILES string of the molecule is C=C(C)CN1C(=O)C(=Cc2ccc(OCC(N)=O)c(OC)c2)SC1=S. The highest BCUT2D eigenvalue weighted by Gasteiger charge is 2.31. The van der Waals surface area contributed by atoms with Crippen molar-refractivity contribution in [2.24, 2.45) is 5.73 Å². The van der Waals surface area contributed by atoms with E-state index in [4.69, 9.17) is 27.4 Å². The number of rotatable bonds is 7. The average Bonchev–Trinajstić information content (AvgIpc) is 2.80. The monoisotopic (exact) mass is 378 g/mol. The standard InChI is InChI=1S/C17H18N2O4S2/c1-10(2)8-19-16(21)14(25-17(19)24)7-11-4-5-12(13(6-11)22-3)23-9-15(18)20/h4-7H,1,8-9H2,2-3H3,(H2,18,20). The lowest BCUT2D eigenvalue weighted by atomic mass is 10.2. The first-order chi connectivity index (χ1) is 11.8. The Hall–Kier alpha value is -2.32. The molecule has 25 heavy (non-hydrogen) atoms. The van der Waals surface area contributed by atoms with Gasteiger partial charge in [0.25, 0.3) is 11.8 Å². The van der Waals surface area contributed by atoms with Crippen molar-refractivity contribution in [3.8, 4) is 11.5 Å². The van der Waals surface area contributed by atoms with Crippen molar-refractivity contribution in [2.75, 3.05) is 20.3 Å². The Morgan fingerprint density at radius 2 is 2.16 bits per heavy atom. The molecule has 0 aliphatic carbocycles. The second-order valence-electron chi connectivity index (χ2n) is 5.39. The van der Waals surface area contributed by atoms with Gasteiger partial charge in [-0.3, -0.25) is 14.5 Å². The fraction of sp³-hybridized carbons (Fsp3) is 0.235. The summed E-state index contributed by atoms with van der Waals surface area (Å²) in [4.78, 5) is 25.3. The quantitative estimate of drug-likeness (QED) is 0.446. The second kappa shape index (κ2) is 8.17. The summed E-state index contributed by atoms with van der Waals surface area (Å²) >= 11 is 6.50. The van der Waals surface area contributed by atoms with Gasteiger partial charge in [0.2, 0.25) is 0 Å². The van der Waals surface area contributed by atoms with Crippen LogP contribution >= 0.6 is 24.0 Å². The Kier molecular flexibility index (Phi) is 6.22. The number of thioether (sulfide) groups is 1. The van der Waals surface area contributed by atoms with E-state index in [2.05, 4.69) is 6.58 Å². The largest absolute Gasteiger partial charge is 0.493 e. The molecule has 1 aliphatic rings. The third kappa shape index (κ3) is 4.83. The maximum Gasteiger partial charge on any atom is 0.266 e. The molecule has 0 aromatic heterocycles. The highest BCUT2D eigenvalue weighted by Crippen LogP contribution is 2.35. The van der Waals surface area contributed by atoms with Crippen LogP contribution in [0.15, 0.2) is 35.3 Å². The van der Waals surface area contributed by atoms with E-state index in [1.54, 1.807) is 24.3 Å². The van der Waals surface area contributed by atoms with Crippen LogP contribution in [-0.2, 0) is 9.59 Å². The van der Waals surface area contributed by atoms with Gasteiger partial charge >= 0.3 is 0 Å². The lowest BCUT2D eigenvalue weighted by Gasteiger charge is -2.13. The van der Waals surface area contributed by atoms with Crippen LogP contribution in [0.5, 0.6) is 11.5 Å². The Labute approximate surface area is 155 Å². The minimum Gasteiger partial charge on any atom is -0.493 e. The lowest BCUT2D eigenvalue weighted by molar-refractivity contribution is -0.122. The molecule has 1 aromatic carbocycles. The molecule has 1 saturated heterocycles. The summed E-state index contributed by atoms with van der Waals surface area (Å²) in [5.74, 6) is 0.110. The highest BCUT2D eigenvalue weighted by molar-refractivity contribution is 8.26. The Bertz CT molecular complexity index is 774. The summed E-state index contributed by atoms with van der Waals surface area (Å²) in [6, 6.07) is 5.12. The van der Waals surface area contributed by atoms with Gasteiger partial charge in [0, 0.05) is 6.54 Å². The number of carbonyl (C=O) groups excluding carboxylic acids is 2. The van der Waals surface area contributed by atoms with Crippen molar-refractivity contribution in [2.45, 2.75) is 6.92 Å². The molecule has 132 valence electrons. The van der Waals surface area contributed by atoms with Crippen LogP contribution in [0, 0.1) is 0 Å². The van der Waals surface area contributed by atoms with E-state index in [-0.39, 0.29) is 12.5 Å². The highest BCUT2D eigenvalue weighted by atomic mass is 32.2. The van der Waals surface area contributed by atoms with Gasteiger partial charge in [-0.15, -0.1) is 0 Å². The van der Waals surface area contributed by atoms with Gasteiger partial charge < -0.3 is 15.2 Å². The molecular weight excluding hydrogens is 360 g/mol. The Balaban J connectivity index is 2.23. The summed E-state index contributed by atoms with van der Waals surface area (Å²) in [6.45, 7) is 5.83. The van der Waals surface area contributed by atoms with Crippen LogP contribution in [0.1, 0.15) is 12.5 Å². The molecule has 0 radical (unpaired) electrons. The van der Waals surface area contributed by atoms with Crippen LogP contribution in [0.2, 0.25) is 0 Å². The van der Waals surface area contributed by atoms with Gasteiger partial charge in [0.05, 0.1) is 12.0 Å². The molecule has 1 aliphatic heterocycles. The van der Waals surface area contributed by atoms with E-state index in [1.165, 1.54) is 23.8 Å². The Morgan fingerprint density at radius 3 is 2.76 bits per heavy atom. The number of amides is 2. The molecule has 2 N–H and O–H groups in total. The predicted molar refractivity (Wildman–Crippen MR) is 102 cm³/mol. The third-order valence-electron chi connectivity index (χ3n) is 3.16. The number of hydrogen-bond donors (Lipinski definition) is 1. The first kappa shape index (κ1) is 19.0. The van der Waals surface area contributed by atoms with Crippen LogP contribution in [0.3, 0.4) is 0 Å². The summed E-state index contributed by atoms with van der Waals surface area (Å²) in [6.07, 6.45) is 1.73. The number of nitrogens with two attached hydrogens (primary N) is 1. The first-order valence-corrected chi connectivity index (χ1v) is 8.53. The Morgan fingerprint density at radius 1 is 1.44 bits per heavy atom. The molecule has 1 heterocycles. The van der Waals surface area contributed by atoms with Gasteiger partial charge in [-0.1, -0.05) is 42.2 Å². The van der Waals surface area contributed by atoms with E-state index in [1.807, 2.05) is 6.92 Å². The number of nitrogens with zero attached hydrogens (tertiary/aromatic N) is 1. The van der Waals surface area contributed by atoms with Crippen molar-refractivity contribution in [3.05, 3.63) is 40.8 Å². The minimum absolute atomic E-state index is 0.147. The number of thiocarbonyl (C=S) groups is 1. The molecule has 0 saturated carbocycles. The summed E-state index contributed by atoms with van der Waals surface area (Å²) in [7, 11) is 1.49. The molecule has 2 amide bonds. The molecule has 8 heteroatoms. The molecular formula is C17H18N2O4S2. The van der Waals surface area contributed by atoms with Crippen LogP contribution < -0.4 is 15.2 Å². The molecule has 0 atom stereocenters. The third-order valence-corrected chi connectivity index (χ3v) is 4.53. The second-order valence-corrected chi connectivity index (χ2v) is 7.07. The summed E-state index contributed by atoms with van der Waals surface area (Å²) in [5, 5.41) is 0. The van der Waals surface area contributed by atoms with Crippen molar-refractivity contribution in [1.29, 1.82) is 0 Å². The molecule has 2 rings (SSSR count). The smallest absolute Gasteiger partial charge is 0.266 e. The van der Waals surface area contributed by atoms with Gasteiger partial charge in [-0.25, -0.2) is 0 Å². The minimum atomic E-state index is -0.577. The lowest BCUT2D eigenvalue weighted by Crippen LogP contribution is -2.29. The van der Waals surface area contributed by atoms with Gasteiger partial charge in [-0.05, 0) is 30.7 Å².